The van der Waals surface area contributed by atoms with Gasteiger partial charge in [-0.05, 0) is 0 Å². The predicted molar refractivity (Wildman–Crippen MR) is 94.4 cm³/mol. The molecule has 4 nitrogen and oxygen atoms in total. The Morgan fingerprint density at radius 2 is 1.50 bits per heavy atom. The molecule has 1 heterocycles. The molecule has 0 saturated carbocycles. The average Bonchev–Trinajstić information content (AvgIpc) is 2.64. The fourth-order valence-electron chi connectivity index (χ4n) is 3.07. The van der Waals surface area contributed by atoms with E-state index in [1.807, 2.05) is 60.7 Å². The van der Waals surface area contributed by atoms with Crippen molar-refractivity contribution in [2.24, 2.45) is 0 Å². The number of carbonyl (C=O) groups is 2. The predicted octanol–water partition coefficient (Wildman–Crippen LogP) is 2.42. The number of Topliss-reactive ketones (excluding diaryl/α,β-unsaturated/α-hetero) is 2. The lowest BCUT2D eigenvalue weighted by molar-refractivity contribution is 0.0791. The standard InChI is InChI=1S/C20H22N2O2/c23-19(16-7-3-1-4-8-16)13-18-14-21-11-12-22(18)15-20(24)17-9-5-2-6-10-17/h1-10,18,21H,11-15H2. The zero-order valence-electron chi connectivity index (χ0n) is 13.7. The molecule has 1 fully saturated rings. The van der Waals surface area contributed by atoms with Crippen LogP contribution in [0.1, 0.15) is 27.1 Å². The lowest BCUT2D eigenvalue weighted by Gasteiger charge is -2.35. The first-order valence-electron chi connectivity index (χ1n) is 8.35. The van der Waals surface area contributed by atoms with Gasteiger partial charge in [0.2, 0.25) is 0 Å². The third-order valence-electron chi connectivity index (χ3n) is 4.43. The highest BCUT2D eigenvalue weighted by molar-refractivity contribution is 5.98. The molecule has 1 saturated heterocycles. The maximum atomic E-state index is 12.5. The van der Waals surface area contributed by atoms with Crippen LogP contribution in [0.5, 0.6) is 0 Å². The highest BCUT2D eigenvalue weighted by atomic mass is 16.1. The normalized spacial score (nSPS) is 18.2. The molecule has 0 radical (unpaired) electrons. The van der Waals surface area contributed by atoms with Crippen molar-refractivity contribution < 1.29 is 9.59 Å². The molecule has 4 heteroatoms. The van der Waals surface area contributed by atoms with Crippen LogP contribution in [0.4, 0.5) is 0 Å². The molecule has 1 atom stereocenters. The van der Waals surface area contributed by atoms with Gasteiger partial charge in [0.25, 0.3) is 0 Å². The molecule has 2 aromatic carbocycles. The number of benzene rings is 2. The van der Waals surface area contributed by atoms with Crippen molar-refractivity contribution >= 4 is 11.6 Å². The van der Waals surface area contributed by atoms with E-state index >= 15 is 0 Å². The van der Waals surface area contributed by atoms with E-state index < -0.39 is 0 Å². The second-order valence-corrected chi connectivity index (χ2v) is 6.11. The molecule has 124 valence electrons. The van der Waals surface area contributed by atoms with Gasteiger partial charge in [-0.3, -0.25) is 14.5 Å². The van der Waals surface area contributed by atoms with Gasteiger partial charge in [0.1, 0.15) is 0 Å². The molecule has 0 aliphatic carbocycles. The molecule has 0 aromatic heterocycles. The Hall–Kier alpha value is -2.30. The fraction of sp³-hybridized carbons (Fsp3) is 0.300. The van der Waals surface area contributed by atoms with Crippen LogP contribution in [0.15, 0.2) is 60.7 Å². The van der Waals surface area contributed by atoms with Crippen molar-refractivity contribution in [2.75, 3.05) is 26.2 Å². The van der Waals surface area contributed by atoms with Gasteiger partial charge in [0, 0.05) is 43.2 Å². The van der Waals surface area contributed by atoms with E-state index in [4.69, 9.17) is 0 Å². The fourth-order valence-corrected chi connectivity index (χ4v) is 3.07. The van der Waals surface area contributed by atoms with E-state index in [9.17, 15) is 9.59 Å². The molecule has 0 amide bonds. The summed E-state index contributed by atoms with van der Waals surface area (Å²) in [5, 5.41) is 3.33. The van der Waals surface area contributed by atoms with Crippen LogP contribution in [0.2, 0.25) is 0 Å². The number of piperazine rings is 1. The quantitative estimate of drug-likeness (QED) is 0.830. The summed E-state index contributed by atoms with van der Waals surface area (Å²) in [6, 6.07) is 18.8. The Morgan fingerprint density at radius 3 is 2.12 bits per heavy atom. The molecule has 24 heavy (non-hydrogen) atoms. The summed E-state index contributed by atoms with van der Waals surface area (Å²) in [7, 11) is 0. The van der Waals surface area contributed by atoms with Crippen molar-refractivity contribution in [3.05, 3.63) is 71.8 Å². The number of hydrogen-bond donors (Lipinski definition) is 1. The van der Waals surface area contributed by atoms with Crippen LogP contribution in [-0.2, 0) is 0 Å². The second-order valence-electron chi connectivity index (χ2n) is 6.11. The van der Waals surface area contributed by atoms with Crippen LogP contribution in [0.25, 0.3) is 0 Å². The lowest BCUT2D eigenvalue weighted by Crippen LogP contribution is -2.53. The molecule has 1 unspecified atom stereocenters. The topological polar surface area (TPSA) is 49.4 Å². The van der Waals surface area contributed by atoms with Crippen LogP contribution in [0, 0.1) is 0 Å². The number of ketones is 2. The van der Waals surface area contributed by atoms with E-state index in [0.717, 1.165) is 30.8 Å². The molecule has 0 bridgehead atoms. The number of rotatable bonds is 6. The molecular formula is C20H22N2O2. The maximum absolute atomic E-state index is 12.5. The summed E-state index contributed by atoms with van der Waals surface area (Å²) in [4.78, 5) is 27.1. The van der Waals surface area contributed by atoms with Gasteiger partial charge in [-0.2, -0.15) is 0 Å². The minimum absolute atomic E-state index is 0.0547. The van der Waals surface area contributed by atoms with Gasteiger partial charge in [-0.15, -0.1) is 0 Å². The van der Waals surface area contributed by atoms with Gasteiger partial charge in [0.15, 0.2) is 11.6 Å². The summed E-state index contributed by atoms with van der Waals surface area (Å²) < 4.78 is 0. The molecule has 1 aliphatic rings. The highest BCUT2D eigenvalue weighted by Gasteiger charge is 2.26. The Bertz CT molecular complexity index is 624. The Labute approximate surface area is 142 Å². The summed E-state index contributed by atoms with van der Waals surface area (Å²) in [6.45, 7) is 2.72. The van der Waals surface area contributed by atoms with Gasteiger partial charge < -0.3 is 5.32 Å². The van der Waals surface area contributed by atoms with Crippen molar-refractivity contribution in [3.63, 3.8) is 0 Å². The van der Waals surface area contributed by atoms with E-state index in [2.05, 4.69) is 10.2 Å². The molecule has 0 spiro atoms. The van der Waals surface area contributed by atoms with Crippen molar-refractivity contribution in [2.45, 2.75) is 12.5 Å². The van der Waals surface area contributed by atoms with Crippen LogP contribution in [-0.4, -0.2) is 48.7 Å². The van der Waals surface area contributed by atoms with Gasteiger partial charge in [-0.25, -0.2) is 0 Å². The Kier molecular flexibility index (Phi) is 5.51. The molecular weight excluding hydrogens is 300 g/mol. The summed E-state index contributed by atoms with van der Waals surface area (Å²) >= 11 is 0. The van der Waals surface area contributed by atoms with E-state index in [0.29, 0.717) is 13.0 Å². The monoisotopic (exact) mass is 322 g/mol. The highest BCUT2D eigenvalue weighted by Crippen LogP contribution is 2.13. The summed E-state index contributed by atoms with van der Waals surface area (Å²) in [6.07, 6.45) is 0.430. The first kappa shape index (κ1) is 16.6. The number of hydrogen-bond acceptors (Lipinski definition) is 4. The lowest BCUT2D eigenvalue weighted by atomic mass is 10.0. The molecule has 2 aromatic rings. The third kappa shape index (κ3) is 4.16. The second kappa shape index (κ2) is 7.99. The largest absolute Gasteiger partial charge is 0.314 e. The SMILES string of the molecule is O=C(CC1CNCCN1CC(=O)c1ccccc1)c1ccccc1. The van der Waals surface area contributed by atoms with Gasteiger partial charge in [-0.1, -0.05) is 60.7 Å². The van der Waals surface area contributed by atoms with Crippen molar-refractivity contribution in [1.82, 2.24) is 10.2 Å². The summed E-state index contributed by atoms with van der Waals surface area (Å²) in [5.74, 6) is 0.233. The Morgan fingerprint density at radius 1 is 0.917 bits per heavy atom. The molecule has 1 aliphatic heterocycles. The average molecular weight is 322 g/mol. The first-order valence-corrected chi connectivity index (χ1v) is 8.35. The molecule has 1 N–H and O–H groups in total. The first-order chi connectivity index (χ1) is 11.7. The van der Waals surface area contributed by atoms with Crippen molar-refractivity contribution in [3.8, 4) is 0 Å². The minimum atomic E-state index is 0.0547. The maximum Gasteiger partial charge on any atom is 0.176 e. The number of carbonyl (C=O) groups excluding carboxylic acids is 2. The number of nitrogens with zero attached hydrogens (tertiary/aromatic N) is 1. The zero-order chi connectivity index (χ0) is 16.8. The number of nitrogens with one attached hydrogen (secondary N) is 1. The smallest absolute Gasteiger partial charge is 0.176 e. The van der Waals surface area contributed by atoms with Crippen LogP contribution >= 0.6 is 0 Å². The minimum Gasteiger partial charge on any atom is -0.314 e. The van der Waals surface area contributed by atoms with E-state index in [-0.39, 0.29) is 17.6 Å². The molecule has 3 rings (SSSR count). The van der Waals surface area contributed by atoms with E-state index in [1.165, 1.54) is 0 Å². The van der Waals surface area contributed by atoms with Crippen LogP contribution in [0.3, 0.4) is 0 Å². The van der Waals surface area contributed by atoms with Gasteiger partial charge >= 0.3 is 0 Å². The Balaban J connectivity index is 1.65. The zero-order valence-corrected chi connectivity index (χ0v) is 13.7. The summed E-state index contributed by atoms with van der Waals surface area (Å²) in [5.41, 5.74) is 1.46. The third-order valence-corrected chi connectivity index (χ3v) is 4.43. The van der Waals surface area contributed by atoms with Crippen LogP contribution < -0.4 is 5.32 Å². The van der Waals surface area contributed by atoms with E-state index in [1.54, 1.807) is 0 Å². The van der Waals surface area contributed by atoms with Crippen molar-refractivity contribution in [1.29, 1.82) is 0 Å². The van der Waals surface area contributed by atoms with Gasteiger partial charge in [0.05, 0.1) is 6.54 Å².